The molecule has 0 fully saturated rings. The quantitative estimate of drug-likeness (QED) is 0.596. The highest BCUT2D eigenvalue weighted by Gasteiger charge is 2.09. The first-order chi connectivity index (χ1) is 8.25. The van der Waals surface area contributed by atoms with Gasteiger partial charge in [-0.2, -0.15) is 0 Å². The van der Waals surface area contributed by atoms with E-state index in [4.69, 9.17) is 9.15 Å². The van der Waals surface area contributed by atoms with E-state index in [1.807, 2.05) is 12.1 Å². The Hall–Kier alpha value is -2.29. The summed E-state index contributed by atoms with van der Waals surface area (Å²) in [4.78, 5) is 11.7. The van der Waals surface area contributed by atoms with E-state index in [2.05, 4.69) is 6.58 Å². The molecule has 0 saturated carbocycles. The van der Waals surface area contributed by atoms with Crippen molar-refractivity contribution in [3.63, 3.8) is 0 Å². The Kier molecular flexibility index (Phi) is 3.40. The molecule has 0 aliphatic carbocycles. The van der Waals surface area contributed by atoms with E-state index < -0.39 is 5.97 Å². The molecule has 0 atom stereocenters. The Morgan fingerprint density at radius 1 is 1.18 bits per heavy atom. The fraction of sp³-hybridized carbons (Fsp3) is 0.0714. The van der Waals surface area contributed by atoms with Crippen LogP contribution in [0.4, 0.5) is 0 Å². The molecule has 0 radical (unpaired) electrons. The second kappa shape index (κ2) is 5.16. The summed E-state index contributed by atoms with van der Waals surface area (Å²) < 4.78 is 10.3. The number of allylic oxidation sites excluding steroid dienone is 1. The van der Waals surface area contributed by atoms with Gasteiger partial charge in [-0.25, -0.2) is 4.79 Å². The largest absolute Gasteiger partial charge is 0.469 e. The van der Waals surface area contributed by atoms with Crippen molar-refractivity contribution in [3.8, 4) is 0 Å². The minimum absolute atomic E-state index is 0.369. The molecule has 2 rings (SSSR count). The molecule has 1 heterocycles. The average molecular weight is 228 g/mol. The van der Waals surface area contributed by atoms with Crippen LogP contribution >= 0.6 is 0 Å². The summed E-state index contributed by atoms with van der Waals surface area (Å²) in [6, 6.07) is 12.4. The monoisotopic (exact) mass is 228 g/mol. The van der Waals surface area contributed by atoms with Crippen molar-refractivity contribution in [1.82, 2.24) is 0 Å². The van der Waals surface area contributed by atoms with Crippen LogP contribution in [0.5, 0.6) is 0 Å². The number of hydrogen-bond donors (Lipinski definition) is 0. The molecule has 3 nitrogen and oxygen atoms in total. The first kappa shape index (κ1) is 11.2. The Labute approximate surface area is 99.3 Å². The number of carbonyl (C=O) groups excluding carboxylic acids is 1. The molecular formula is C14H12O3. The Bertz CT molecular complexity index is 498. The summed E-state index contributed by atoms with van der Waals surface area (Å²) >= 11 is 0. The standard InChI is InChI=1S/C14H12O3/c1-11(10-13-8-5-9-16-13)17-14(15)12-6-3-2-4-7-12/h2-9H,1,10H2. The van der Waals surface area contributed by atoms with Gasteiger partial charge in [0.15, 0.2) is 0 Å². The Balaban J connectivity index is 1.93. The van der Waals surface area contributed by atoms with E-state index in [0.29, 0.717) is 17.7 Å². The van der Waals surface area contributed by atoms with E-state index >= 15 is 0 Å². The lowest BCUT2D eigenvalue weighted by Crippen LogP contribution is -2.05. The Morgan fingerprint density at radius 3 is 2.59 bits per heavy atom. The van der Waals surface area contributed by atoms with Gasteiger partial charge in [0.25, 0.3) is 0 Å². The highest BCUT2D eigenvalue weighted by molar-refractivity contribution is 5.89. The lowest BCUT2D eigenvalue weighted by molar-refractivity contribution is 0.0618. The number of rotatable bonds is 4. The summed E-state index contributed by atoms with van der Waals surface area (Å²) in [5.41, 5.74) is 0.507. The van der Waals surface area contributed by atoms with E-state index in [0.717, 1.165) is 5.76 Å². The summed E-state index contributed by atoms with van der Waals surface area (Å²) in [6.45, 7) is 3.69. The lowest BCUT2D eigenvalue weighted by Gasteiger charge is -2.05. The molecule has 0 aliphatic rings. The van der Waals surface area contributed by atoms with Crippen LogP contribution < -0.4 is 0 Å². The predicted molar refractivity (Wildman–Crippen MR) is 63.4 cm³/mol. The molecule has 1 aromatic carbocycles. The van der Waals surface area contributed by atoms with Crippen LogP contribution in [0.2, 0.25) is 0 Å². The molecule has 0 unspecified atom stereocenters. The lowest BCUT2D eigenvalue weighted by atomic mass is 10.2. The van der Waals surface area contributed by atoms with Crippen LogP contribution in [0.25, 0.3) is 0 Å². The van der Waals surface area contributed by atoms with Crippen LogP contribution in [0, 0.1) is 0 Å². The SMILES string of the molecule is C=C(Cc1ccco1)OC(=O)c1ccccc1. The molecule has 0 spiro atoms. The van der Waals surface area contributed by atoms with Gasteiger partial charge in [-0.05, 0) is 24.3 Å². The Morgan fingerprint density at radius 2 is 1.94 bits per heavy atom. The van der Waals surface area contributed by atoms with Gasteiger partial charge >= 0.3 is 5.97 Å². The van der Waals surface area contributed by atoms with Crippen molar-refractivity contribution < 1.29 is 13.9 Å². The zero-order valence-corrected chi connectivity index (χ0v) is 9.26. The normalized spacial score (nSPS) is 9.88. The minimum Gasteiger partial charge on any atom is -0.469 e. The third-order valence-electron chi connectivity index (χ3n) is 2.20. The van der Waals surface area contributed by atoms with E-state index in [1.54, 1.807) is 36.6 Å². The molecule has 17 heavy (non-hydrogen) atoms. The smallest absolute Gasteiger partial charge is 0.343 e. The number of hydrogen-bond acceptors (Lipinski definition) is 3. The third-order valence-corrected chi connectivity index (χ3v) is 2.20. The molecule has 86 valence electrons. The first-order valence-electron chi connectivity index (χ1n) is 5.23. The van der Waals surface area contributed by atoms with E-state index in [-0.39, 0.29) is 0 Å². The van der Waals surface area contributed by atoms with Crippen LogP contribution in [-0.2, 0) is 11.2 Å². The summed E-state index contributed by atoms with van der Waals surface area (Å²) in [5, 5.41) is 0. The molecule has 0 saturated heterocycles. The second-order valence-electron chi connectivity index (χ2n) is 3.55. The first-order valence-corrected chi connectivity index (χ1v) is 5.23. The van der Waals surface area contributed by atoms with Crippen molar-refractivity contribution in [3.05, 3.63) is 72.4 Å². The molecule has 1 aromatic heterocycles. The molecule has 2 aromatic rings. The maximum atomic E-state index is 11.7. The highest BCUT2D eigenvalue weighted by Crippen LogP contribution is 2.11. The van der Waals surface area contributed by atoms with E-state index in [9.17, 15) is 4.79 Å². The second-order valence-corrected chi connectivity index (χ2v) is 3.55. The fourth-order valence-electron chi connectivity index (χ4n) is 1.41. The molecule has 3 heteroatoms. The van der Waals surface area contributed by atoms with Gasteiger partial charge < -0.3 is 9.15 Å². The van der Waals surface area contributed by atoms with Gasteiger partial charge in [-0.15, -0.1) is 0 Å². The van der Waals surface area contributed by atoms with E-state index in [1.165, 1.54) is 0 Å². The maximum Gasteiger partial charge on any atom is 0.343 e. The maximum absolute atomic E-state index is 11.7. The summed E-state index contributed by atoms with van der Waals surface area (Å²) in [6.07, 6.45) is 1.97. The van der Waals surface area contributed by atoms with Crippen molar-refractivity contribution in [2.45, 2.75) is 6.42 Å². The topological polar surface area (TPSA) is 39.4 Å². The molecule has 0 N–H and O–H groups in total. The van der Waals surface area contributed by atoms with Crippen molar-refractivity contribution in [2.75, 3.05) is 0 Å². The number of furan rings is 1. The molecule has 0 bridgehead atoms. The third kappa shape index (κ3) is 3.08. The van der Waals surface area contributed by atoms with Crippen molar-refractivity contribution >= 4 is 5.97 Å². The molecule has 0 aliphatic heterocycles. The summed E-state index contributed by atoms with van der Waals surface area (Å²) in [5.74, 6) is 0.687. The number of carbonyl (C=O) groups is 1. The number of esters is 1. The number of ether oxygens (including phenoxy) is 1. The van der Waals surface area contributed by atoms with Gasteiger partial charge in [-0.1, -0.05) is 24.8 Å². The van der Waals surface area contributed by atoms with Gasteiger partial charge in [0.05, 0.1) is 18.2 Å². The van der Waals surface area contributed by atoms with Gasteiger partial charge in [0.1, 0.15) is 11.5 Å². The van der Waals surface area contributed by atoms with Crippen molar-refractivity contribution in [1.29, 1.82) is 0 Å². The molecule has 0 amide bonds. The highest BCUT2D eigenvalue weighted by atomic mass is 16.5. The van der Waals surface area contributed by atoms with Crippen LogP contribution in [0.3, 0.4) is 0 Å². The van der Waals surface area contributed by atoms with Crippen LogP contribution in [0.1, 0.15) is 16.1 Å². The average Bonchev–Trinajstić information content (AvgIpc) is 2.82. The zero-order chi connectivity index (χ0) is 12.1. The predicted octanol–water partition coefficient (Wildman–Crippen LogP) is 3.19. The van der Waals surface area contributed by atoms with Gasteiger partial charge in [0, 0.05) is 0 Å². The number of benzene rings is 1. The van der Waals surface area contributed by atoms with Crippen LogP contribution in [-0.4, -0.2) is 5.97 Å². The summed E-state index contributed by atoms with van der Waals surface area (Å²) in [7, 11) is 0. The zero-order valence-electron chi connectivity index (χ0n) is 9.26. The van der Waals surface area contributed by atoms with Crippen LogP contribution in [0.15, 0.2) is 65.5 Å². The van der Waals surface area contributed by atoms with Gasteiger partial charge in [-0.3, -0.25) is 0 Å². The minimum atomic E-state index is -0.401. The fourth-order valence-corrected chi connectivity index (χ4v) is 1.41. The van der Waals surface area contributed by atoms with Crippen molar-refractivity contribution in [2.24, 2.45) is 0 Å². The molecular weight excluding hydrogens is 216 g/mol. The van der Waals surface area contributed by atoms with Gasteiger partial charge in [0.2, 0.25) is 0 Å².